The number of aromatic nitrogens is 2. The summed E-state index contributed by atoms with van der Waals surface area (Å²) in [7, 11) is 0. The smallest absolute Gasteiger partial charge is 0.284 e. The van der Waals surface area contributed by atoms with Crippen molar-refractivity contribution in [1.29, 1.82) is 0 Å². The zero-order valence-corrected chi connectivity index (χ0v) is 8.47. The fraction of sp³-hybridized carbons (Fsp3) is 0. The van der Waals surface area contributed by atoms with Crippen LogP contribution in [-0.2, 0) is 0 Å². The Morgan fingerprint density at radius 2 is 1.35 bits per heavy atom. The summed E-state index contributed by atoms with van der Waals surface area (Å²) >= 11 is 4.42. The highest BCUT2D eigenvalue weighted by molar-refractivity contribution is 7.71. The third-order valence-corrected chi connectivity index (χ3v) is 2.04. The highest BCUT2D eigenvalue weighted by Crippen LogP contribution is 2.30. The number of hydrogen-bond acceptors (Lipinski definition) is 3. The van der Waals surface area contributed by atoms with Crippen LogP contribution >= 0.6 is 12.2 Å². The molecule has 0 radical (unpaired) electrons. The average molecular weight is 268 g/mol. The van der Waals surface area contributed by atoms with Crippen LogP contribution in [0.1, 0.15) is 0 Å². The van der Waals surface area contributed by atoms with Crippen molar-refractivity contribution in [3.05, 3.63) is 33.9 Å². The Balaban J connectivity index is 2.83. The normalized spacial score (nSPS) is 10.9. The fourth-order valence-corrected chi connectivity index (χ4v) is 1.25. The van der Waals surface area contributed by atoms with E-state index in [9.17, 15) is 22.0 Å². The lowest BCUT2D eigenvalue weighted by atomic mass is 10.1. The maximum Gasteiger partial charge on any atom is 0.284 e. The van der Waals surface area contributed by atoms with Crippen molar-refractivity contribution >= 4 is 12.2 Å². The third-order valence-electron chi connectivity index (χ3n) is 1.86. The second-order valence-electron chi connectivity index (χ2n) is 2.86. The van der Waals surface area contributed by atoms with E-state index in [1.54, 1.807) is 0 Å². The summed E-state index contributed by atoms with van der Waals surface area (Å²) in [5, 5.41) is 5.19. The lowest BCUT2D eigenvalue weighted by Gasteiger charge is -2.03. The molecule has 0 aliphatic carbocycles. The largest absolute Gasteiger partial charge is 0.409 e. The van der Waals surface area contributed by atoms with Gasteiger partial charge in [-0.1, -0.05) is 0 Å². The molecule has 0 fully saturated rings. The van der Waals surface area contributed by atoms with Gasteiger partial charge in [-0.05, 0) is 12.2 Å². The van der Waals surface area contributed by atoms with Crippen LogP contribution in [0.25, 0.3) is 11.5 Å². The first-order chi connectivity index (χ1) is 7.93. The summed E-state index contributed by atoms with van der Waals surface area (Å²) in [6.07, 6.45) is 0. The molecule has 3 nitrogen and oxygen atoms in total. The quantitative estimate of drug-likeness (QED) is 0.374. The number of benzene rings is 1. The van der Waals surface area contributed by atoms with Gasteiger partial charge in [0.05, 0.1) is 0 Å². The van der Waals surface area contributed by atoms with Gasteiger partial charge in [0.25, 0.3) is 10.7 Å². The minimum atomic E-state index is -2.25. The number of rotatable bonds is 1. The zero-order chi connectivity index (χ0) is 12.7. The Kier molecular flexibility index (Phi) is 2.69. The van der Waals surface area contributed by atoms with Gasteiger partial charge < -0.3 is 4.42 Å². The number of hydrogen-bond donors (Lipinski definition) is 1. The van der Waals surface area contributed by atoms with Crippen molar-refractivity contribution in [3.8, 4) is 11.5 Å². The summed E-state index contributed by atoms with van der Waals surface area (Å²) < 4.78 is 69.3. The standard InChI is InChI=1S/C8HF5N2OS/c9-2-1(7-14-15-8(17)16-7)3(10)5(12)6(13)4(2)11/h(H,15,17). The molecule has 0 unspecified atom stereocenters. The van der Waals surface area contributed by atoms with Crippen LogP contribution in [0.4, 0.5) is 22.0 Å². The monoisotopic (exact) mass is 268 g/mol. The molecule has 90 valence electrons. The van der Waals surface area contributed by atoms with Gasteiger partial charge in [-0.2, -0.15) is 0 Å². The Hall–Kier alpha value is -1.77. The summed E-state index contributed by atoms with van der Waals surface area (Å²) in [5.74, 6) is -11.3. The van der Waals surface area contributed by atoms with E-state index in [4.69, 9.17) is 0 Å². The van der Waals surface area contributed by atoms with Gasteiger partial charge in [-0.3, -0.25) is 0 Å². The molecule has 1 aromatic heterocycles. The van der Waals surface area contributed by atoms with Crippen molar-refractivity contribution in [2.75, 3.05) is 0 Å². The molecule has 1 aromatic carbocycles. The maximum atomic E-state index is 13.2. The zero-order valence-electron chi connectivity index (χ0n) is 7.65. The van der Waals surface area contributed by atoms with E-state index >= 15 is 0 Å². The van der Waals surface area contributed by atoms with Gasteiger partial charge >= 0.3 is 0 Å². The van der Waals surface area contributed by atoms with Gasteiger partial charge in [-0.15, -0.1) is 5.10 Å². The van der Waals surface area contributed by atoms with Gasteiger partial charge in [0.1, 0.15) is 5.56 Å². The van der Waals surface area contributed by atoms with E-state index in [-0.39, 0.29) is 4.84 Å². The number of H-pyrrole nitrogens is 1. The first-order valence-corrected chi connectivity index (χ1v) is 4.41. The van der Waals surface area contributed by atoms with Crippen molar-refractivity contribution in [3.63, 3.8) is 0 Å². The number of halogens is 5. The molecule has 17 heavy (non-hydrogen) atoms. The first-order valence-electron chi connectivity index (χ1n) is 4.00. The van der Waals surface area contributed by atoms with Crippen LogP contribution in [-0.4, -0.2) is 10.2 Å². The summed E-state index contributed by atoms with van der Waals surface area (Å²) in [4.78, 5) is -0.357. The van der Waals surface area contributed by atoms with Crippen molar-refractivity contribution in [2.24, 2.45) is 0 Å². The van der Waals surface area contributed by atoms with Crippen LogP contribution in [0, 0.1) is 33.9 Å². The molecular formula is C8HF5N2OS. The molecule has 9 heteroatoms. The van der Waals surface area contributed by atoms with E-state index in [0.29, 0.717) is 0 Å². The minimum absolute atomic E-state index is 0.357. The molecule has 0 amide bonds. The molecule has 2 rings (SSSR count). The summed E-state index contributed by atoms with van der Waals surface area (Å²) in [5.41, 5.74) is -1.27. The number of aromatic amines is 1. The van der Waals surface area contributed by atoms with E-state index in [1.807, 2.05) is 5.10 Å². The summed E-state index contributed by atoms with van der Waals surface area (Å²) in [6.45, 7) is 0. The first kappa shape index (κ1) is 11.7. The molecular weight excluding hydrogens is 267 g/mol. The van der Waals surface area contributed by atoms with Crippen LogP contribution in [0.3, 0.4) is 0 Å². The number of nitrogens with zero attached hydrogens (tertiary/aromatic N) is 1. The molecule has 2 aromatic rings. The topological polar surface area (TPSA) is 41.8 Å². The Morgan fingerprint density at radius 3 is 1.76 bits per heavy atom. The molecule has 0 aliphatic heterocycles. The van der Waals surface area contributed by atoms with Crippen molar-refractivity contribution in [1.82, 2.24) is 10.2 Å². The second-order valence-corrected chi connectivity index (χ2v) is 3.23. The Labute approximate surface area is 94.9 Å². The van der Waals surface area contributed by atoms with Gasteiger partial charge in [0, 0.05) is 0 Å². The van der Waals surface area contributed by atoms with E-state index in [0.717, 1.165) is 0 Å². The SMILES string of the molecule is Fc1c(F)c(F)c(-c2n[nH]c(=S)o2)c(F)c1F. The van der Waals surface area contributed by atoms with Crippen molar-refractivity contribution in [2.45, 2.75) is 0 Å². The Bertz CT molecular complexity index is 621. The van der Waals surface area contributed by atoms with Crippen molar-refractivity contribution < 1.29 is 26.4 Å². The minimum Gasteiger partial charge on any atom is -0.409 e. The summed E-state index contributed by atoms with van der Waals surface area (Å²) in [6, 6.07) is 0. The van der Waals surface area contributed by atoms with Crippen LogP contribution in [0.2, 0.25) is 0 Å². The van der Waals surface area contributed by atoms with Crippen LogP contribution in [0.5, 0.6) is 0 Å². The van der Waals surface area contributed by atoms with Crippen LogP contribution < -0.4 is 0 Å². The molecule has 0 spiro atoms. The van der Waals surface area contributed by atoms with E-state index in [2.05, 4.69) is 21.7 Å². The number of nitrogens with one attached hydrogen (secondary N) is 1. The molecule has 1 heterocycles. The Morgan fingerprint density at radius 1 is 0.882 bits per heavy atom. The third kappa shape index (κ3) is 1.71. The maximum absolute atomic E-state index is 13.2. The van der Waals surface area contributed by atoms with E-state index in [1.165, 1.54) is 0 Å². The molecule has 0 bridgehead atoms. The predicted octanol–water partition coefficient (Wildman–Crippen LogP) is 3.09. The molecule has 0 saturated carbocycles. The second kappa shape index (κ2) is 3.91. The molecule has 0 saturated heterocycles. The van der Waals surface area contributed by atoms with Crippen LogP contribution in [0.15, 0.2) is 4.42 Å². The lowest BCUT2D eigenvalue weighted by Crippen LogP contribution is -2.04. The molecule has 1 N–H and O–H groups in total. The highest BCUT2D eigenvalue weighted by atomic mass is 32.1. The predicted molar refractivity (Wildman–Crippen MR) is 46.9 cm³/mol. The van der Waals surface area contributed by atoms with Gasteiger partial charge in [0.15, 0.2) is 23.3 Å². The fourth-order valence-electron chi connectivity index (χ4n) is 1.13. The van der Waals surface area contributed by atoms with Gasteiger partial charge in [0.2, 0.25) is 5.82 Å². The molecule has 0 atom stereocenters. The van der Waals surface area contributed by atoms with Gasteiger partial charge in [-0.25, -0.2) is 27.1 Å². The lowest BCUT2D eigenvalue weighted by molar-refractivity contribution is 0.378. The molecule has 0 aliphatic rings. The van der Waals surface area contributed by atoms with E-state index < -0.39 is 40.5 Å². The highest BCUT2D eigenvalue weighted by Gasteiger charge is 2.29. The average Bonchev–Trinajstić information content (AvgIpc) is 2.71.